The van der Waals surface area contributed by atoms with Crippen LogP contribution in [0.25, 0.3) is 0 Å². The van der Waals surface area contributed by atoms with Crippen LogP contribution >= 0.6 is 0 Å². The third-order valence-electron chi connectivity index (χ3n) is 7.00. The molecule has 5 rings (SSSR count). The SMILES string of the molecule is Cc1ccc(C2CC3(CCC3)C2)c(OC2(C(=O)NS(=O)(=O)c3cccc(F)n3)CC2)c1. The Balaban J connectivity index is 1.34. The van der Waals surface area contributed by atoms with E-state index in [-0.39, 0.29) is 0 Å². The van der Waals surface area contributed by atoms with Crippen molar-refractivity contribution < 1.29 is 22.3 Å². The minimum Gasteiger partial charge on any atom is -0.477 e. The van der Waals surface area contributed by atoms with E-state index in [2.05, 4.69) is 11.1 Å². The average Bonchev–Trinajstić information content (AvgIpc) is 3.41. The third kappa shape index (κ3) is 3.71. The van der Waals surface area contributed by atoms with Gasteiger partial charge in [-0.15, -0.1) is 0 Å². The average molecular weight is 445 g/mol. The van der Waals surface area contributed by atoms with Crippen LogP contribution in [0.1, 0.15) is 62.0 Å². The number of hydrogen-bond donors (Lipinski definition) is 1. The lowest BCUT2D eigenvalue weighted by Crippen LogP contribution is -2.44. The van der Waals surface area contributed by atoms with Crippen molar-refractivity contribution in [3.05, 3.63) is 53.5 Å². The topological polar surface area (TPSA) is 85.4 Å². The summed E-state index contributed by atoms with van der Waals surface area (Å²) in [6, 6.07) is 9.47. The Morgan fingerprint density at radius 3 is 2.52 bits per heavy atom. The van der Waals surface area contributed by atoms with Gasteiger partial charge in [-0.2, -0.15) is 12.8 Å². The van der Waals surface area contributed by atoms with Gasteiger partial charge in [0.15, 0.2) is 10.6 Å². The fourth-order valence-corrected chi connectivity index (χ4v) is 5.86. The van der Waals surface area contributed by atoms with Crippen molar-refractivity contribution in [2.75, 3.05) is 0 Å². The minimum absolute atomic E-state index is 0.412. The van der Waals surface area contributed by atoms with Crippen molar-refractivity contribution in [2.24, 2.45) is 5.41 Å². The lowest BCUT2D eigenvalue weighted by molar-refractivity contribution is -0.128. The maximum absolute atomic E-state index is 13.3. The van der Waals surface area contributed by atoms with Gasteiger partial charge in [-0.25, -0.2) is 9.71 Å². The van der Waals surface area contributed by atoms with E-state index in [1.165, 1.54) is 25.3 Å². The first-order chi connectivity index (χ1) is 14.7. The zero-order chi connectivity index (χ0) is 21.9. The predicted octanol–water partition coefficient (Wildman–Crippen LogP) is 3.99. The Kier molecular flexibility index (Phi) is 4.62. The predicted molar refractivity (Wildman–Crippen MR) is 112 cm³/mol. The summed E-state index contributed by atoms with van der Waals surface area (Å²) in [6.07, 6.45) is 7.03. The molecule has 0 bridgehead atoms. The quantitative estimate of drug-likeness (QED) is 0.681. The molecule has 3 aliphatic carbocycles. The van der Waals surface area contributed by atoms with Crippen LogP contribution in [0.2, 0.25) is 0 Å². The second kappa shape index (κ2) is 7.02. The molecular formula is C23H25FN2O4S. The zero-order valence-electron chi connectivity index (χ0n) is 17.4. The van der Waals surface area contributed by atoms with Gasteiger partial charge in [-0.1, -0.05) is 24.6 Å². The van der Waals surface area contributed by atoms with E-state index in [0.29, 0.717) is 29.9 Å². The van der Waals surface area contributed by atoms with E-state index in [0.717, 1.165) is 36.1 Å². The third-order valence-corrected chi connectivity index (χ3v) is 8.23. The van der Waals surface area contributed by atoms with Crippen molar-refractivity contribution in [3.8, 4) is 5.75 Å². The Hall–Kier alpha value is -2.48. The standard InChI is InChI=1S/C23H25FN2O4S/c1-15-6-7-17(16-13-22(14-16)8-3-9-22)18(12-15)30-23(10-11-23)21(27)26-31(28,29)20-5-2-4-19(24)25-20/h2,4-7,12,16H,3,8-11,13-14H2,1H3,(H,26,27). The van der Waals surface area contributed by atoms with Gasteiger partial charge in [-0.05, 0) is 73.3 Å². The Bertz CT molecular complexity index is 1150. The van der Waals surface area contributed by atoms with Crippen LogP contribution in [0, 0.1) is 18.3 Å². The first kappa shape index (κ1) is 20.4. The molecule has 3 aliphatic rings. The van der Waals surface area contributed by atoms with Crippen molar-refractivity contribution in [1.82, 2.24) is 9.71 Å². The number of nitrogens with one attached hydrogen (secondary N) is 1. The van der Waals surface area contributed by atoms with Gasteiger partial charge in [-0.3, -0.25) is 4.79 Å². The van der Waals surface area contributed by atoms with E-state index in [9.17, 15) is 17.6 Å². The van der Waals surface area contributed by atoms with Gasteiger partial charge in [0.1, 0.15) is 5.75 Å². The van der Waals surface area contributed by atoms with Crippen molar-refractivity contribution >= 4 is 15.9 Å². The number of carbonyl (C=O) groups excluding carboxylic acids is 1. The van der Waals surface area contributed by atoms with E-state index in [1.807, 2.05) is 23.8 Å². The molecule has 1 heterocycles. The number of amides is 1. The maximum atomic E-state index is 13.3. The van der Waals surface area contributed by atoms with Gasteiger partial charge >= 0.3 is 0 Å². The van der Waals surface area contributed by atoms with E-state index in [1.54, 1.807) is 0 Å². The highest BCUT2D eigenvalue weighted by Gasteiger charge is 2.55. The first-order valence-corrected chi connectivity index (χ1v) is 12.2. The summed E-state index contributed by atoms with van der Waals surface area (Å²) in [5.41, 5.74) is 1.40. The number of aromatic nitrogens is 1. The zero-order valence-corrected chi connectivity index (χ0v) is 18.2. The number of rotatable bonds is 6. The summed E-state index contributed by atoms with van der Waals surface area (Å²) < 4.78 is 46.6. The second-order valence-corrected chi connectivity index (χ2v) is 11.0. The van der Waals surface area contributed by atoms with Crippen molar-refractivity contribution in [1.29, 1.82) is 0 Å². The molecule has 6 nitrogen and oxygen atoms in total. The molecule has 1 aromatic heterocycles. The molecule has 31 heavy (non-hydrogen) atoms. The molecule has 164 valence electrons. The number of benzene rings is 1. The molecule has 2 aromatic rings. The largest absolute Gasteiger partial charge is 0.477 e. The van der Waals surface area contributed by atoms with Crippen LogP contribution in [0.15, 0.2) is 41.4 Å². The van der Waals surface area contributed by atoms with Crippen molar-refractivity contribution in [3.63, 3.8) is 0 Å². The molecule has 8 heteroatoms. The molecule has 1 amide bonds. The maximum Gasteiger partial charge on any atom is 0.281 e. The van der Waals surface area contributed by atoms with Crippen LogP contribution in [-0.2, 0) is 14.8 Å². The van der Waals surface area contributed by atoms with Gasteiger partial charge in [0.05, 0.1) is 0 Å². The van der Waals surface area contributed by atoms with Crippen LogP contribution in [-0.4, -0.2) is 24.9 Å². The van der Waals surface area contributed by atoms with Gasteiger partial charge in [0.2, 0.25) is 5.95 Å². The number of hydrogen-bond acceptors (Lipinski definition) is 5. The summed E-state index contributed by atoms with van der Waals surface area (Å²) in [5.74, 6) is -0.597. The molecule has 1 N–H and O–H groups in total. The van der Waals surface area contributed by atoms with E-state index >= 15 is 0 Å². The van der Waals surface area contributed by atoms with Gasteiger partial charge in [0.25, 0.3) is 15.9 Å². The molecule has 0 aliphatic heterocycles. The lowest BCUT2D eigenvalue weighted by Gasteiger charge is -2.54. The molecule has 0 atom stereocenters. The van der Waals surface area contributed by atoms with Gasteiger partial charge in [0, 0.05) is 12.8 Å². The molecule has 1 spiro atoms. The van der Waals surface area contributed by atoms with E-state index < -0.39 is 32.5 Å². The summed E-state index contributed by atoms with van der Waals surface area (Å²) in [7, 11) is -4.29. The number of ether oxygens (including phenoxy) is 1. The Morgan fingerprint density at radius 1 is 1.16 bits per heavy atom. The van der Waals surface area contributed by atoms with E-state index in [4.69, 9.17) is 4.74 Å². The molecule has 0 unspecified atom stereocenters. The van der Waals surface area contributed by atoms with Crippen molar-refractivity contribution in [2.45, 2.75) is 68.4 Å². The Morgan fingerprint density at radius 2 is 1.90 bits per heavy atom. The highest BCUT2D eigenvalue weighted by atomic mass is 32.2. The van der Waals surface area contributed by atoms with Gasteiger partial charge < -0.3 is 4.74 Å². The highest BCUT2D eigenvalue weighted by molar-refractivity contribution is 7.90. The number of nitrogens with zero attached hydrogens (tertiary/aromatic N) is 1. The molecule has 0 radical (unpaired) electrons. The normalized spacial score (nSPS) is 21.1. The molecule has 1 aromatic carbocycles. The second-order valence-electron chi connectivity index (χ2n) is 9.33. The summed E-state index contributed by atoms with van der Waals surface area (Å²) in [4.78, 5) is 16.2. The fourth-order valence-electron chi connectivity index (χ4n) is 4.86. The molecule has 3 fully saturated rings. The van der Waals surface area contributed by atoms with Crippen LogP contribution in [0.4, 0.5) is 4.39 Å². The smallest absolute Gasteiger partial charge is 0.281 e. The highest BCUT2D eigenvalue weighted by Crippen LogP contribution is 2.63. The fraction of sp³-hybridized carbons (Fsp3) is 0.478. The molecule has 3 saturated carbocycles. The number of halogens is 1. The van der Waals surface area contributed by atoms with Crippen LogP contribution in [0.5, 0.6) is 5.75 Å². The molecular weight excluding hydrogens is 419 g/mol. The van der Waals surface area contributed by atoms with Crippen LogP contribution in [0.3, 0.4) is 0 Å². The summed E-state index contributed by atoms with van der Waals surface area (Å²) in [5, 5.41) is -0.534. The summed E-state index contributed by atoms with van der Waals surface area (Å²) in [6.45, 7) is 1.96. The number of sulfonamides is 1. The first-order valence-electron chi connectivity index (χ1n) is 10.7. The number of pyridine rings is 1. The Labute approximate surface area is 181 Å². The van der Waals surface area contributed by atoms with Crippen LogP contribution < -0.4 is 9.46 Å². The minimum atomic E-state index is -4.29. The summed E-state index contributed by atoms with van der Waals surface area (Å²) >= 11 is 0. The number of carbonyl (C=O) groups is 1. The number of aryl methyl sites for hydroxylation is 1. The molecule has 0 saturated heterocycles. The lowest BCUT2D eigenvalue weighted by atomic mass is 9.50. The monoisotopic (exact) mass is 444 g/mol.